The van der Waals surface area contributed by atoms with E-state index in [0.29, 0.717) is 5.56 Å². The third-order valence-electron chi connectivity index (χ3n) is 2.76. The second-order valence-corrected chi connectivity index (χ2v) is 5.51. The van der Waals surface area contributed by atoms with Gasteiger partial charge >= 0.3 is 6.61 Å². The molecule has 1 unspecified atom stereocenters. The van der Waals surface area contributed by atoms with Gasteiger partial charge < -0.3 is 9.84 Å². The standard InChI is InChI=1S/C14H14F2O2S/c1-8-7-9(2)19-13(8)12(17)10-5-3-4-6-11(10)18-14(15)16/h3-7,12,14,17H,1-2H3. The van der Waals surface area contributed by atoms with Crippen LogP contribution in [0.1, 0.15) is 27.0 Å². The molecule has 0 aliphatic heterocycles. The van der Waals surface area contributed by atoms with Gasteiger partial charge in [0.15, 0.2) is 0 Å². The number of hydrogen-bond donors (Lipinski definition) is 1. The molecule has 0 spiro atoms. The third-order valence-corrected chi connectivity index (χ3v) is 3.96. The van der Waals surface area contributed by atoms with Crippen LogP contribution in [0, 0.1) is 13.8 Å². The van der Waals surface area contributed by atoms with E-state index in [2.05, 4.69) is 4.74 Å². The molecule has 1 aromatic carbocycles. The Kier molecular flexibility index (Phi) is 4.17. The maximum Gasteiger partial charge on any atom is 0.387 e. The van der Waals surface area contributed by atoms with Gasteiger partial charge in [-0.3, -0.25) is 0 Å². The molecule has 1 heterocycles. The van der Waals surface area contributed by atoms with E-state index < -0.39 is 12.7 Å². The molecule has 0 aliphatic rings. The van der Waals surface area contributed by atoms with Crippen LogP contribution in [0.5, 0.6) is 5.75 Å². The molecule has 1 atom stereocenters. The normalized spacial score (nSPS) is 12.7. The minimum Gasteiger partial charge on any atom is -0.434 e. The zero-order chi connectivity index (χ0) is 14.0. The van der Waals surface area contributed by atoms with Crippen LogP contribution in [0.4, 0.5) is 8.78 Å². The fourth-order valence-corrected chi connectivity index (χ4v) is 3.02. The molecule has 19 heavy (non-hydrogen) atoms. The number of aryl methyl sites for hydroxylation is 2. The minimum atomic E-state index is -2.90. The smallest absolute Gasteiger partial charge is 0.387 e. The number of rotatable bonds is 4. The van der Waals surface area contributed by atoms with Gasteiger partial charge in [0, 0.05) is 15.3 Å². The first-order chi connectivity index (χ1) is 8.99. The summed E-state index contributed by atoms with van der Waals surface area (Å²) in [7, 11) is 0. The van der Waals surface area contributed by atoms with Gasteiger partial charge in [0.1, 0.15) is 11.9 Å². The van der Waals surface area contributed by atoms with Crippen molar-refractivity contribution in [3.63, 3.8) is 0 Å². The van der Waals surface area contributed by atoms with Crippen LogP contribution in [0.15, 0.2) is 30.3 Å². The van der Waals surface area contributed by atoms with Gasteiger partial charge in [-0.05, 0) is 31.5 Å². The lowest BCUT2D eigenvalue weighted by molar-refractivity contribution is -0.0512. The molecule has 0 saturated heterocycles. The molecular weight excluding hydrogens is 270 g/mol. The van der Waals surface area contributed by atoms with E-state index in [1.807, 2.05) is 19.9 Å². The number of halogens is 2. The summed E-state index contributed by atoms with van der Waals surface area (Å²) in [4.78, 5) is 1.82. The van der Waals surface area contributed by atoms with Gasteiger partial charge in [-0.15, -0.1) is 11.3 Å². The highest BCUT2D eigenvalue weighted by molar-refractivity contribution is 7.12. The van der Waals surface area contributed by atoms with E-state index in [1.165, 1.54) is 17.4 Å². The summed E-state index contributed by atoms with van der Waals surface area (Å²) in [6.07, 6.45) is -0.950. The van der Waals surface area contributed by atoms with Gasteiger partial charge in [0.2, 0.25) is 0 Å². The Hall–Kier alpha value is -1.46. The van der Waals surface area contributed by atoms with Crippen LogP contribution in [0.2, 0.25) is 0 Å². The van der Waals surface area contributed by atoms with Crippen molar-refractivity contribution in [2.75, 3.05) is 0 Å². The second-order valence-electron chi connectivity index (χ2n) is 4.22. The first-order valence-corrected chi connectivity index (χ1v) is 6.59. The summed E-state index contributed by atoms with van der Waals surface area (Å²) in [6.45, 7) is 0.924. The summed E-state index contributed by atoms with van der Waals surface area (Å²) in [6, 6.07) is 8.27. The Morgan fingerprint density at radius 1 is 1.21 bits per heavy atom. The predicted octanol–water partition coefficient (Wildman–Crippen LogP) is 4.05. The Bertz CT molecular complexity index is 566. The Morgan fingerprint density at radius 3 is 2.47 bits per heavy atom. The number of aliphatic hydroxyl groups excluding tert-OH is 1. The van der Waals surface area contributed by atoms with Crippen molar-refractivity contribution in [1.29, 1.82) is 0 Å². The van der Waals surface area contributed by atoms with E-state index in [1.54, 1.807) is 18.2 Å². The lowest BCUT2D eigenvalue weighted by Crippen LogP contribution is -2.07. The molecule has 2 aromatic rings. The molecule has 0 amide bonds. The fourth-order valence-electron chi connectivity index (χ4n) is 1.98. The van der Waals surface area contributed by atoms with Gasteiger partial charge in [0.25, 0.3) is 0 Å². The van der Waals surface area contributed by atoms with E-state index in [0.717, 1.165) is 15.3 Å². The fraction of sp³-hybridized carbons (Fsp3) is 0.286. The van der Waals surface area contributed by atoms with Gasteiger partial charge in [0.05, 0.1) is 0 Å². The molecule has 0 bridgehead atoms. The minimum absolute atomic E-state index is 0.00968. The molecule has 5 heteroatoms. The molecule has 2 rings (SSSR count). The largest absolute Gasteiger partial charge is 0.434 e. The average Bonchev–Trinajstić information content (AvgIpc) is 2.67. The van der Waals surface area contributed by atoms with E-state index in [-0.39, 0.29) is 5.75 Å². The lowest BCUT2D eigenvalue weighted by atomic mass is 10.0. The zero-order valence-corrected chi connectivity index (χ0v) is 11.4. The SMILES string of the molecule is Cc1cc(C)c(C(O)c2ccccc2OC(F)F)s1. The zero-order valence-electron chi connectivity index (χ0n) is 10.6. The maximum atomic E-state index is 12.3. The molecule has 0 saturated carbocycles. The van der Waals surface area contributed by atoms with Crippen molar-refractivity contribution < 1.29 is 18.6 Å². The number of ether oxygens (including phenoxy) is 1. The van der Waals surface area contributed by atoms with Crippen molar-refractivity contribution in [1.82, 2.24) is 0 Å². The van der Waals surface area contributed by atoms with Crippen LogP contribution in [0.3, 0.4) is 0 Å². The van der Waals surface area contributed by atoms with Gasteiger partial charge in [-0.2, -0.15) is 8.78 Å². The molecule has 0 radical (unpaired) electrons. The number of benzene rings is 1. The maximum absolute atomic E-state index is 12.3. The summed E-state index contributed by atoms with van der Waals surface area (Å²) < 4.78 is 29.1. The third kappa shape index (κ3) is 3.11. The molecule has 1 N–H and O–H groups in total. The summed E-state index contributed by atoms with van der Waals surface area (Å²) in [5, 5.41) is 10.4. The van der Waals surface area contributed by atoms with E-state index in [4.69, 9.17) is 0 Å². The number of thiophene rings is 1. The van der Waals surface area contributed by atoms with Crippen molar-refractivity contribution >= 4 is 11.3 Å². The predicted molar refractivity (Wildman–Crippen MR) is 70.9 cm³/mol. The molecular formula is C14H14F2O2S. The van der Waals surface area contributed by atoms with Gasteiger partial charge in [-0.25, -0.2) is 0 Å². The number of hydrogen-bond acceptors (Lipinski definition) is 3. The molecule has 0 aliphatic carbocycles. The van der Waals surface area contributed by atoms with Crippen molar-refractivity contribution in [2.45, 2.75) is 26.6 Å². The van der Waals surface area contributed by atoms with Crippen LogP contribution < -0.4 is 4.74 Å². The highest BCUT2D eigenvalue weighted by Crippen LogP contribution is 2.36. The summed E-state index contributed by atoms with van der Waals surface area (Å²) >= 11 is 1.45. The Labute approximate surface area is 114 Å². The van der Waals surface area contributed by atoms with E-state index in [9.17, 15) is 13.9 Å². The van der Waals surface area contributed by atoms with Gasteiger partial charge in [-0.1, -0.05) is 18.2 Å². The highest BCUT2D eigenvalue weighted by atomic mass is 32.1. The Balaban J connectivity index is 2.38. The average molecular weight is 284 g/mol. The summed E-state index contributed by atoms with van der Waals surface area (Å²) in [5.74, 6) is 0.00968. The quantitative estimate of drug-likeness (QED) is 0.918. The highest BCUT2D eigenvalue weighted by Gasteiger charge is 2.20. The monoisotopic (exact) mass is 284 g/mol. The van der Waals surface area contributed by atoms with Crippen molar-refractivity contribution in [3.05, 3.63) is 51.2 Å². The van der Waals surface area contributed by atoms with Crippen LogP contribution >= 0.6 is 11.3 Å². The molecule has 1 aromatic heterocycles. The number of alkyl halides is 2. The second kappa shape index (κ2) is 5.67. The molecule has 2 nitrogen and oxygen atoms in total. The molecule has 102 valence electrons. The van der Waals surface area contributed by atoms with Crippen molar-refractivity contribution in [3.8, 4) is 5.75 Å². The number of aliphatic hydroxyl groups is 1. The summed E-state index contributed by atoms with van der Waals surface area (Å²) in [5.41, 5.74) is 1.30. The number of para-hydroxylation sites is 1. The first-order valence-electron chi connectivity index (χ1n) is 5.77. The van der Waals surface area contributed by atoms with E-state index >= 15 is 0 Å². The Morgan fingerprint density at radius 2 is 1.89 bits per heavy atom. The lowest BCUT2D eigenvalue weighted by Gasteiger charge is -2.15. The van der Waals surface area contributed by atoms with Crippen molar-refractivity contribution in [2.24, 2.45) is 0 Å². The first kappa shape index (κ1) is 14.0. The van der Waals surface area contributed by atoms with Crippen LogP contribution in [-0.4, -0.2) is 11.7 Å². The molecule has 0 fully saturated rings. The topological polar surface area (TPSA) is 29.5 Å². The van der Waals surface area contributed by atoms with Crippen LogP contribution in [0.25, 0.3) is 0 Å². The van der Waals surface area contributed by atoms with Crippen LogP contribution in [-0.2, 0) is 0 Å².